The maximum absolute atomic E-state index is 6.17. The number of hydrazine groups is 1. The summed E-state index contributed by atoms with van der Waals surface area (Å²) >= 11 is 9.56. The summed E-state index contributed by atoms with van der Waals surface area (Å²) in [7, 11) is 0. The predicted molar refractivity (Wildman–Crippen MR) is 73.4 cm³/mol. The second-order valence-electron chi connectivity index (χ2n) is 4.43. The molecule has 4 heteroatoms. The van der Waals surface area contributed by atoms with E-state index >= 15 is 0 Å². The second kappa shape index (κ2) is 6.60. The first-order valence-electron chi connectivity index (χ1n) is 5.43. The molecule has 90 valence electrons. The van der Waals surface area contributed by atoms with Gasteiger partial charge in [0.15, 0.2) is 0 Å². The van der Waals surface area contributed by atoms with E-state index in [0.717, 1.165) is 27.9 Å². The molecule has 1 atom stereocenters. The Hall–Kier alpha value is -0.0900. The van der Waals surface area contributed by atoms with Crippen LogP contribution in [0.2, 0.25) is 5.02 Å². The summed E-state index contributed by atoms with van der Waals surface area (Å²) in [5.41, 5.74) is 3.99. The quantitative estimate of drug-likeness (QED) is 0.645. The van der Waals surface area contributed by atoms with Crippen LogP contribution in [0.3, 0.4) is 0 Å². The summed E-state index contributed by atoms with van der Waals surface area (Å²) < 4.78 is 1.00. The number of nitrogens with two attached hydrogens (primary N) is 1. The van der Waals surface area contributed by atoms with E-state index in [9.17, 15) is 0 Å². The summed E-state index contributed by atoms with van der Waals surface area (Å²) in [6.07, 6.45) is 1.91. The van der Waals surface area contributed by atoms with Crippen LogP contribution < -0.4 is 11.3 Å². The molecule has 1 aromatic carbocycles. The van der Waals surface area contributed by atoms with E-state index < -0.39 is 0 Å². The smallest absolute Gasteiger partial charge is 0.0449 e. The van der Waals surface area contributed by atoms with Crippen molar-refractivity contribution in [1.82, 2.24) is 5.43 Å². The Morgan fingerprint density at radius 3 is 2.62 bits per heavy atom. The summed E-state index contributed by atoms with van der Waals surface area (Å²) in [6.45, 7) is 4.38. The number of hydrogen-bond donors (Lipinski definition) is 2. The number of rotatable bonds is 5. The molecule has 0 aliphatic rings. The summed E-state index contributed by atoms with van der Waals surface area (Å²) in [6, 6.07) is 6.24. The lowest BCUT2D eigenvalue weighted by Crippen LogP contribution is -2.37. The van der Waals surface area contributed by atoms with Gasteiger partial charge in [-0.1, -0.05) is 47.4 Å². The molecule has 0 saturated carbocycles. The minimum atomic E-state index is 0.277. The van der Waals surface area contributed by atoms with E-state index in [-0.39, 0.29) is 6.04 Å². The first-order valence-corrected chi connectivity index (χ1v) is 6.60. The molecule has 0 aliphatic heterocycles. The first kappa shape index (κ1) is 14.0. The van der Waals surface area contributed by atoms with Gasteiger partial charge in [-0.25, -0.2) is 0 Å². The molecule has 1 aromatic rings. The molecule has 1 unspecified atom stereocenters. The van der Waals surface area contributed by atoms with Crippen LogP contribution in [0.4, 0.5) is 0 Å². The minimum Gasteiger partial charge on any atom is -0.271 e. The highest BCUT2D eigenvalue weighted by molar-refractivity contribution is 9.10. The van der Waals surface area contributed by atoms with E-state index in [1.165, 1.54) is 0 Å². The van der Waals surface area contributed by atoms with Gasteiger partial charge in [0.2, 0.25) is 0 Å². The lowest BCUT2D eigenvalue weighted by molar-refractivity contribution is 0.423. The highest BCUT2D eigenvalue weighted by atomic mass is 79.9. The Morgan fingerprint density at radius 1 is 1.44 bits per heavy atom. The molecule has 0 heterocycles. The van der Waals surface area contributed by atoms with Crippen molar-refractivity contribution in [3.63, 3.8) is 0 Å². The van der Waals surface area contributed by atoms with Crippen LogP contribution in [0.25, 0.3) is 0 Å². The van der Waals surface area contributed by atoms with Crippen LogP contribution in [0.1, 0.15) is 25.8 Å². The minimum absolute atomic E-state index is 0.277. The molecule has 16 heavy (non-hydrogen) atoms. The van der Waals surface area contributed by atoms with Gasteiger partial charge in [0, 0.05) is 15.5 Å². The Kier molecular flexibility index (Phi) is 5.76. The summed E-state index contributed by atoms with van der Waals surface area (Å²) in [5.74, 6) is 6.17. The Labute approximate surface area is 111 Å². The van der Waals surface area contributed by atoms with E-state index in [4.69, 9.17) is 17.4 Å². The maximum Gasteiger partial charge on any atom is 0.0449 e. The number of benzene rings is 1. The molecule has 0 spiro atoms. The standard InChI is InChI=1S/C12H18BrClN2/c1-8(2)5-11(16-15)6-9-3-4-10(13)7-12(9)14/h3-4,7-8,11,16H,5-6,15H2,1-2H3. The van der Waals surface area contributed by atoms with Gasteiger partial charge in [0.1, 0.15) is 0 Å². The van der Waals surface area contributed by atoms with E-state index in [1.54, 1.807) is 0 Å². The van der Waals surface area contributed by atoms with Crippen LogP contribution in [0.15, 0.2) is 22.7 Å². The van der Waals surface area contributed by atoms with Crippen LogP contribution in [0.5, 0.6) is 0 Å². The second-order valence-corrected chi connectivity index (χ2v) is 5.76. The van der Waals surface area contributed by atoms with Gasteiger partial charge in [-0.15, -0.1) is 0 Å². The number of halogens is 2. The van der Waals surface area contributed by atoms with Crippen molar-refractivity contribution < 1.29 is 0 Å². The molecule has 1 rings (SSSR count). The highest BCUT2D eigenvalue weighted by Crippen LogP contribution is 2.23. The third kappa shape index (κ3) is 4.42. The topological polar surface area (TPSA) is 38.0 Å². The molecular formula is C12H18BrClN2. The molecular weight excluding hydrogens is 288 g/mol. The average molecular weight is 306 g/mol. The third-order valence-electron chi connectivity index (χ3n) is 2.47. The van der Waals surface area contributed by atoms with Crippen molar-refractivity contribution in [2.75, 3.05) is 0 Å². The number of nitrogens with one attached hydrogen (secondary N) is 1. The number of hydrogen-bond acceptors (Lipinski definition) is 2. The fourth-order valence-electron chi connectivity index (χ4n) is 1.73. The van der Waals surface area contributed by atoms with Gasteiger partial charge in [-0.2, -0.15) is 0 Å². The Balaban J connectivity index is 2.70. The van der Waals surface area contributed by atoms with Crippen LogP contribution in [0, 0.1) is 5.92 Å². The van der Waals surface area contributed by atoms with Crippen molar-refractivity contribution in [2.45, 2.75) is 32.7 Å². The molecule has 0 aromatic heterocycles. The lowest BCUT2D eigenvalue weighted by Gasteiger charge is -2.18. The highest BCUT2D eigenvalue weighted by Gasteiger charge is 2.12. The van der Waals surface area contributed by atoms with Gasteiger partial charge in [-0.3, -0.25) is 11.3 Å². The van der Waals surface area contributed by atoms with Gasteiger partial charge >= 0.3 is 0 Å². The van der Waals surface area contributed by atoms with Gasteiger partial charge < -0.3 is 0 Å². The molecule has 0 fully saturated rings. The zero-order valence-electron chi connectivity index (χ0n) is 9.63. The van der Waals surface area contributed by atoms with Crippen molar-refractivity contribution in [2.24, 2.45) is 11.8 Å². The Morgan fingerprint density at radius 2 is 2.12 bits per heavy atom. The maximum atomic E-state index is 6.17. The first-order chi connectivity index (χ1) is 7.52. The summed E-state index contributed by atoms with van der Waals surface area (Å²) in [4.78, 5) is 0. The van der Waals surface area contributed by atoms with Crippen LogP contribution in [-0.2, 0) is 6.42 Å². The molecule has 3 N–H and O–H groups in total. The Bertz CT molecular complexity index is 342. The molecule has 0 bridgehead atoms. The molecule has 0 aliphatic carbocycles. The normalized spacial score (nSPS) is 13.1. The zero-order chi connectivity index (χ0) is 12.1. The fourth-order valence-corrected chi connectivity index (χ4v) is 2.48. The van der Waals surface area contributed by atoms with Crippen molar-refractivity contribution in [1.29, 1.82) is 0 Å². The SMILES string of the molecule is CC(C)CC(Cc1ccc(Br)cc1Cl)NN. The van der Waals surface area contributed by atoms with E-state index in [1.807, 2.05) is 18.2 Å². The zero-order valence-corrected chi connectivity index (χ0v) is 12.0. The van der Waals surface area contributed by atoms with Crippen molar-refractivity contribution in [3.05, 3.63) is 33.3 Å². The van der Waals surface area contributed by atoms with E-state index in [2.05, 4.69) is 35.2 Å². The molecule has 0 saturated heterocycles. The largest absolute Gasteiger partial charge is 0.271 e. The van der Waals surface area contributed by atoms with Gasteiger partial charge in [-0.05, 0) is 36.5 Å². The van der Waals surface area contributed by atoms with Crippen molar-refractivity contribution in [3.8, 4) is 0 Å². The summed E-state index contributed by atoms with van der Waals surface area (Å²) in [5, 5.41) is 0.790. The van der Waals surface area contributed by atoms with Gasteiger partial charge in [0.25, 0.3) is 0 Å². The predicted octanol–water partition coefficient (Wildman–Crippen LogP) is 3.52. The molecule has 0 amide bonds. The fraction of sp³-hybridized carbons (Fsp3) is 0.500. The van der Waals surface area contributed by atoms with Gasteiger partial charge in [0.05, 0.1) is 0 Å². The monoisotopic (exact) mass is 304 g/mol. The average Bonchev–Trinajstić information content (AvgIpc) is 2.20. The molecule has 0 radical (unpaired) electrons. The van der Waals surface area contributed by atoms with E-state index in [0.29, 0.717) is 5.92 Å². The van der Waals surface area contributed by atoms with Crippen molar-refractivity contribution >= 4 is 27.5 Å². The third-order valence-corrected chi connectivity index (χ3v) is 3.32. The van der Waals surface area contributed by atoms with Crippen LogP contribution >= 0.6 is 27.5 Å². The lowest BCUT2D eigenvalue weighted by atomic mass is 9.98. The molecule has 2 nitrogen and oxygen atoms in total. The van der Waals surface area contributed by atoms with Crippen LogP contribution in [-0.4, -0.2) is 6.04 Å².